The van der Waals surface area contributed by atoms with Gasteiger partial charge in [-0.15, -0.1) is 11.6 Å². The molecule has 0 bridgehead atoms. The van der Waals surface area contributed by atoms with E-state index in [9.17, 15) is 26.3 Å². The van der Waals surface area contributed by atoms with Crippen molar-refractivity contribution in [3.63, 3.8) is 0 Å². The quantitative estimate of drug-likeness (QED) is 0.471. The Balaban J connectivity index is 2.28. The zero-order chi connectivity index (χ0) is 13.2. The molecule has 17 heavy (non-hydrogen) atoms. The van der Waals surface area contributed by atoms with Crippen LogP contribution in [0.15, 0.2) is 11.7 Å². The summed E-state index contributed by atoms with van der Waals surface area (Å²) < 4.78 is 78.5. The maximum absolute atomic E-state index is 14.1. The topological polar surface area (TPSA) is 0 Å². The van der Waals surface area contributed by atoms with Crippen molar-refractivity contribution in [2.75, 3.05) is 0 Å². The summed E-state index contributed by atoms with van der Waals surface area (Å²) in [6, 6.07) is 0. The molecule has 0 heterocycles. The van der Waals surface area contributed by atoms with Crippen LogP contribution in [0.4, 0.5) is 26.3 Å². The fraction of sp³-hybridized carbons (Fsp3) is 0.750. The number of alkyl halides is 7. The molecule has 2 saturated carbocycles. The first-order valence-corrected chi connectivity index (χ1v) is 5.50. The van der Waals surface area contributed by atoms with Crippen molar-refractivity contribution in [3.05, 3.63) is 11.7 Å². The number of allylic oxidation sites excluding steroid dienone is 2. The number of halogens is 9. The van der Waals surface area contributed by atoms with E-state index in [0.717, 1.165) is 0 Å². The Morgan fingerprint density at radius 1 is 0.882 bits per heavy atom. The van der Waals surface area contributed by atoms with Crippen LogP contribution in [-0.2, 0) is 0 Å². The van der Waals surface area contributed by atoms with E-state index in [2.05, 4.69) is 0 Å². The van der Waals surface area contributed by atoms with Gasteiger partial charge in [-0.3, -0.25) is 0 Å². The second-order valence-electron chi connectivity index (χ2n) is 4.30. The van der Waals surface area contributed by atoms with Crippen LogP contribution in [-0.4, -0.2) is 32.4 Å². The Hall–Kier alpha value is 0.190. The van der Waals surface area contributed by atoms with E-state index in [0.29, 0.717) is 0 Å². The highest BCUT2D eigenvalue weighted by molar-refractivity contribution is 6.56. The lowest BCUT2D eigenvalue weighted by molar-refractivity contribution is -0.396. The van der Waals surface area contributed by atoms with Crippen LogP contribution in [0.5, 0.6) is 0 Å². The molecule has 0 unspecified atom stereocenters. The lowest BCUT2D eigenvalue weighted by Crippen LogP contribution is -3.06. The third-order valence-corrected chi connectivity index (χ3v) is 5.69. The van der Waals surface area contributed by atoms with Crippen LogP contribution in [0.25, 0.3) is 0 Å². The van der Waals surface area contributed by atoms with E-state index in [4.69, 9.17) is 34.8 Å². The summed E-state index contributed by atoms with van der Waals surface area (Å²) in [5, 5.41) is -2.24. The molecule has 0 amide bonds. The average molecular weight is 317 g/mol. The van der Waals surface area contributed by atoms with Crippen LogP contribution < -0.4 is 0 Å². The summed E-state index contributed by atoms with van der Waals surface area (Å²) in [7, 11) is 0. The first-order valence-electron chi connectivity index (χ1n) is 4.31. The van der Waals surface area contributed by atoms with Gasteiger partial charge in [-0.2, -0.15) is 0 Å². The summed E-state index contributed by atoms with van der Waals surface area (Å²) in [5.74, 6) is -4.71. The summed E-state index contributed by atoms with van der Waals surface area (Å²) in [6.07, 6.45) is 0. The van der Waals surface area contributed by atoms with Crippen molar-refractivity contribution in [1.29, 1.82) is 0 Å². The third kappa shape index (κ3) is 0.609. The summed E-state index contributed by atoms with van der Waals surface area (Å²) in [5.41, 5.74) is -16.0. The molecule has 9 heteroatoms. The lowest BCUT2D eigenvalue weighted by atomic mass is 9.33. The predicted molar refractivity (Wildman–Crippen MR) is 48.7 cm³/mol. The molecule has 0 aromatic heterocycles. The van der Waals surface area contributed by atoms with Gasteiger partial charge in [-0.05, 0) is 0 Å². The van der Waals surface area contributed by atoms with Crippen LogP contribution in [0, 0.1) is 0 Å². The molecule has 0 radical (unpaired) electrons. The van der Waals surface area contributed by atoms with Crippen molar-refractivity contribution in [1.82, 2.24) is 0 Å². The van der Waals surface area contributed by atoms with Crippen molar-refractivity contribution >= 4 is 34.8 Å². The fourth-order valence-corrected chi connectivity index (χ4v) is 4.22. The first kappa shape index (κ1) is 12.2. The van der Waals surface area contributed by atoms with Gasteiger partial charge in [-0.25, -0.2) is 26.3 Å². The van der Waals surface area contributed by atoms with Crippen LogP contribution in [0.2, 0.25) is 0 Å². The Morgan fingerprint density at radius 2 is 1.29 bits per heavy atom. The number of fused-ring (bicyclic) bond motifs is 4. The predicted octanol–water partition coefficient (Wildman–Crippen LogP) is 3.79. The molecular formula is C8HCl3F6. The molecule has 3 aliphatic rings. The highest BCUT2D eigenvalue weighted by Gasteiger charge is 3.13. The number of hydrogen-bond donors (Lipinski definition) is 0. The van der Waals surface area contributed by atoms with E-state index in [1.54, 1.807) is 0 Å². The second kappa shape index (κ2) is 2.43. The standard InChI is InChI=1S/C8HCl3F6/c9-3-6(16)4(14)1(12)2(13)5(4,15)8(6,17)7(3,10)11/h3H/t3-,4-,5+,6+,8-/m0/s1. The van der Waals surface area contributed by atoms with Gasteiger partial charge in [0, 0.05) is 0 Å². The van der Waals surface area contributed by atoms with E-state index in [1.807, 2.05) is 0 Å². The summed E-state index contributed by atoms with van der Waals surface area (Å²) in [4.78, 5) is 0. The summed E-state index contributed by atoms with van der Waals surface area (Å²) in [6.45, 7) is 0. The van der Waals surface area contributed by atoms with Gasteiger partial charge in [0.2, 0.25) is 22.7 Å². The summed E-state index contributed by atoms with van der Waals surface area (Å²) >= 11 is 15.7. The zero-order valence-corrected chi connectivity index (χ0v) is 9.75. The molecule has 96 valence electrons. The molecule has 0 spiro atoms. The minimum atomic E-state index is -4.16. The van der Waals surface area contributed by atoms with Crippen LogP contribution in [0.1, 0.15) is 0 Å². The number of hydrogen-bond acceptors (Lipinski definition) is 0. The Kier molecular flexibility index (Phi) is 1.75. The first-order chi connectivity index (χ1) is 7.47. The fourth-order valence-electron chi connectivity index (χ4n) is 2.93. The molecule has 5 atom stereocenters. The second-order valence-corrected chi connectivity index (χ2v) is 6.12. The normalized spacial score (nSPS) is 63.0. The van der Waals surface area contributed by atoms with Gasteiger partial charge in [0.25, 0.3) is 0 Å². The molecule has 2 fully saturated rings. The molecule has 0 aromatic carbocycles. The van der Waals surface area contributed by atoms with E-state index in [1.165, 1.54) is 0 Å². The highest BCUT2D eigenvalue weighted by Crippen LogP contribution is 2.89. The molecule has 0 nitrogen and oxygen atoms in total. The lowest BCUT2D eigenvalue weighted by Gasteiger charge is -2.79. The SMILES string of the molecule is FC1=C(F)[C@]2(F)[C@@]1(F)[C@@]1(F)C(Cl)(Cl)[C@@H](Cl)[C@@]21F. The number of rotatable bonds is 0. The largest absolute Gasteiger partial charge is 0.248 e. The van der Waals surface area contributed by atoms with Gasteiger partial charge in [0.15, 0.2) is 16.0 Å². The van der Waals surface area contributed by atoms with E-state index < -0.39 is 44.0 Å². The van der Waals surface area contributed by atoms with Gasteiger partial charge in [0.05, 0.1) is 0 Å². The van der Waals surface area contributed by atoms with E-state index >= 15 is 0 Å². The van der Waals surface area contributed by atoms with Gasteiger partial charge in [-0.1, -0.05) is 23.2 Å². The highest BCUT2D eigenvalue weighted by atomic mass is 35.5. The molecular weight excluding hydrogens is 316 g/mol. The van der Waals surface area contributed by atoms with Gasteiger partial charge < -0.3 is 0 Å². The van der Waals surface area contributed by atoms with Crippen molar-refractivity contribution in [3.8, 4) is 0 Å². The average Bonchev–Trinajstić information content (AvgIpc) is 2.31. The molecule has 0 aromatic rings. The maximum atomic E-state index is 14.1. The Morgan fingerprint density at radius 3 is 1.76 bits per heavy atom. The molecule has 0 aliphatic heterocycles. The van der Waals surface area contributed by atoms with Crippen molar-refractivity contribution in [2.24, 2.45) is 0 Å². The zero-order valence-electron chi connectivity index (χ0n) is 7.48. The van der Waals surface area contributed by atoms with Gasteiger partial charge in [0.1, 0.15) is 5.38 Å². The van der Waals surface area contributed by atoms with Crippen molar-refractivity contribution in [2.45, 2.75) is 32.4 Å². The Bertz CT molecular complexity index is 494. The van der Waals surface area contributed by atoms with Gasteiger partial charge >= 0.3 is 0 Å². The molecule has 0 N–H and O–H groups in total. The van der Waals surface area contributed by atoms with Crippen LogP contribution >= 0.6 is 34.8 Å². The molecule has 3 aliphatic carbocycles. The molecule has 0 saturated heterocycles. The molecule has 3 rings (SSSR count). The minimum Gasteiger partial charge on any atom is -0.234 e. The third-order valence-electron chi connectivity index (χ3n) is 3.88. The minimum absolute atomic E-state index is 2.24. The van der Waals surface area contributed by atoms with Crippen LogP contribution in [0.3, 0.4) is 0 Å². The van der Waals surface area contributed by atoms with Crippen molar-refractivity contribution < 1.29 is 26.3 Å². The van der Waals surface area contributed by atoms with E-state index in [-0.39, 0.29) is 0 Å². The smallest absolute Gasteiger partial charge is 0.234 e. The monoisotopic (exact) mass is 316 g/mol. The maximum Gasteiger partial charge on any atom is 0.248 e. The Labute approximate surface area is 105 Å².